The number of nitrogens with one attached hydrogen (secondary N) is 2. The molecule has 2 amide bonds. The summed E-state index contributed by atoms with van der Waals surface area (Å²) in [5.41, 5.74) is 1.23. The molecule has 1 aromatic carbocycles. The molecule has 0 fully saturated rings. The third-order valence-corrected chi connectivity index (χ3v) is 3.95. The van der Waals surface area contributed by atoms with E-state index in [9.17, 15) is 14.4 Å². The summed E-state index contributed by atoms with van der Waals surface area (Å²) in [5, 5.41) is 14.5. The average Bonchev–Trinajstić information content (AvgIpc) is 2.90. The summed E-state index contributed by atoms with van der Waals surface area (Å²) in [6, 6.07) is 5.26. The number of fused-ring (bicyclic) bond motifs is 1. The number of aromatic nitrogens is 1. The monoisotopic (exact) mass is 347 g/mol. The normalized spacial score (nSPS) is 13.1. The second-order valence-electron chi connectivity index (χ2n) is 5.78. The van der Waals surface area contributed by atoms with Crippen molar-refractivity contribution in [2.24, 2.45) is 7.05 Å². The van der Waals surface area contributed by atoms with Crippen LogP contribution in [-0.2, 0) is 16.6 Å². The number of rotatable bonds is 6. The van der Waals surface area contributed by atoms with Crippen molar-refractivity contribution in [3.05, 3.63) is 30.0 Å². The van der Waals surface area contributed by atoms with Crippen molar-refractivity contribution in [3.63, 3.8) is 0 Å². The number of amides is 2. The van der Waals surface area contributed by atoms with Gasteiger partial charge in [0.15, 0.2) is 0 Å². The lowest BCUT2D eigenvalue weighted by Crippen LogP contribution is -2.49. The molecule has 8 nitrogen and oxygen atoms in total. The van der Waals surface area contributed by atoms with E-state index in [4.69, 9.17) is 9.84 Å². The van der Waals surface area contributed by atoms with Gasteiger partial charge in [0.1, 0.15) is 23.5 Å². The Morgan fingerprint density at radius 1 is 1.12 bits per heavy atom. The van der Waals surface area contributed by atoms with Gasteiger partial charge in [-0.15, -0.1) is 0 Å². The van der Waals surface area contributed by atoms with E-state index in [1.54, 1.807) is 30.9 Å². The maximum Gasteiger partial charge on any atom is 0.325 e. The number of methoxy groups -OCH3 is 1. The first-order valence-corrected chi connectivity index (χ1v) is 7.72. The zero-order valence-corrected chi connectivity index (χ0v) is 14.5. The quantitative estimate of drug-likeness (QED) is 0.719. The third kappa shape index (κ3) is 3.90. The highest BCUT2D eigenvalue weighted by molar-refractivity contribution is 6.01. The second-order valence-corrected chi connectivity index (χ2v) is 5.78. The van der Waals surface area contributed by atoms with Crippen LogP contribution < -0.4 is 15.4 Å². The Kier molecular flexibility index (Phi) is 5.31. The van der Waals surface area contributed by atoms with Gasteiger partial charge >= 0.3 is 5.97 Å². The number of ether oxygens (including phenoxy) is 1. The lowest BCUT2D eigenvalue weighted by atomic mass is 10.2. The van der Waals surface area contributed by atoms with Crippen molar-refractivity contribution >= 4 is 28.7 Å². The lowest BCUT2D eigenvalue weighted by molar-refractivity contribution is -0.141. The molecule has 25 heavy (non-hydrogen) atoms. The van der Waals surface area contributed by atoms with Gasteiger partial charge in [-0.3, -0.25) is 14.4 Å². The van der Waals surface area contributed by atoms with Crippen LogP contribution in [0.4, 0.5) is 0 Å². The number of carbonyl (C=O) groups excluding carboxylic acids is 2. The van der Waals surface area contributed by atoms with Crippen molar-refractivity contribution in [2.45, 2.75) is 25.9 Å². The van der Waals surface area contributed by atoms with Crippen molar-refractivity contribution in [3.8, 4) is 5.75 Å². The van der Waals surface area contributed by atoms with Crippen LogP contribution in [0.2, 0.25) is 0 Å². The molecule has 2 unspecified atom stereocenters. The number of carbonyl (C=O) groups is 3. The average molecular weight is 347 g/mol. The van der Waals surface area contributed by atoms with Crippen LogP contribution in [0.5, 0.6) is 5.75 Å². The minimum atomic E-state index is -1.14. The first-order chi connectivity index (χ1) is 11.7. The Balaban J connectivity index is 2.15. The van der Waals surface area contributed by atoms with Gasteiger partial charge in [-0.2, -0.15) is 0 Å². The van der Waals surface area contributed by atoms with Gasteiger partial charge in [-0.1, -0.05) is 0 Å². The number of hydrogen-bond acceptors (Lipinski definition) is 4. The molecule has 0 spiro atoms. The molecule has 2 rings (SSSR count). The molecule has 0 aliphatic heterocycles. The third-order valence-electron chi connectivity index (χ3n) is 3.95. The Morgan fingerprint density at radius 2 is 1.80 bits per heavy atom. The van der Waals surface area contributed by atoms with Crippen molar-refractivity contribution in [1.29, 1.82) is 0 Å². The van der Waals surface area contributed by atoms with Crippen LogP contribution in [0.1, 0.15) is 24.3 Å². The molecule has 0 bridgehead atoms. The Hall–Kier alpha value is -3.03. The van der Waals surface area contributed by atoms with Crippen LogP contribution in [0.25, 0.3) is 10.9 Å². The van der Waals surface area contributed by atoms with Crippen LogP contribution in [0.3, 0.4) is 0 Å². The molecule has 0 saturated carbocycles. The first-order valence-electron chi connectivity index (χ1n) is 7.72. The molecule has 8 heteroatoms. The topological polar surface area (TPSA) is 110 Å². The Morgan fingerprint density at radius 3 is 2.40 bits per heavy atom. The molecular weight excluding hydrogens is 326 g/mol. The van der Waals surface area contributed by atoms with Gasteiger partial charge < -0.3 is 25.0 Å². The zero-order valence-electron chi connectivity index (χ0n) is 14.5. The van der Waals surface area contributed by atoms with Crippen molar-refractivity contribution < 1.29 is 24.2 Å². The van der Waals surface area contributed by atoms with Gasteiger partial charge in [0.25, 0.3) is 5.91 Å². The summed E-state index contributed by atoms with van der Waals surface area (Å²) in [4.78, 5) is 35.2. The van der Waals surface area contributed by atoms with Gasteiger partial charge in [0, 0.05) is 18.0 Å². The summed E-state index contributed by atoms with van der Waals surface area (Å²) in [6.45, 7) is 2.85. The van der Waals surface area contributed by atoms with Crippen LogP contribution in [0, 0.1) is 0 Å². The minimum absolute atomic E-state index is 0.384. The summed E-state index contributed by atoms with van der Waals surface area (Å²) < 4.78 is 6.89. The molecule has 0 saturated heterocycles. The Bertz CT molecular complexity index is 827. The highest BCUT2D eigenvalue weighted by Gasteiger charge is 2.22. The summed E-state index contributed by atoms with van der Waals surface area (Å²) in [6.07, 6.45) is 0. The molecule has 2 aromatic rings. The van der Waals surface area contributed by atoms with Gasteiger partial charge in [-0.25, -0.2) is 0 Å². The van der Waals surface area contributed by atoms with E-state index < -0.39 is 29.9 Å². The molecule has 1 heterocycles. The van der Waals surface area contributed by atoms with Crippen molar-refractivity contribution in [2.75, 3.05) is 7.11 Å². The number of hydrogen-bond donors (Lipinski definition) is 3. The standard InChI is InChI=1S/C17H21N3O5/c1-9(15(21)19-10(2)17(23)24)18-16(22)14-8-11-7-12(25-4)5-6-13(11)20(14)3/h5-10H,1-4H3,(H,18,22)(H,19,21)(H,23,24). The number of carboxylic acid groups (broad SMARTS) is 1. The van der Waals surface area contributed by atoms with E-state index in [2.05, 4.69) is 10.6 Å². The minimum Gasteiger partial charge on any atom is -0.497 e. The van der Waals surface area contributed by atoms with E-state index >= 15 is 0 Å². The zero-order chi connectivity index (χ0) is 18.7. The molecule has 2 atom stereocenters. The number of aliphatic carboxylic acids is 1. The molecule has 3 N–H and O–H groups in total. The molecule has 134 valence electrons. The summed E-state index contributed by atoms with van der Waals surface area (Å²) >= 11 is 0. The SMILES string of the molecule is COc1ccc2c(c1)cc(C(=O)NC(C)C(=O)NC(C)C(=O)O)n2C. The molecular formula is C17H21N3O5. The fourth-order valence-corrected chi connectivity index (χ4v) is 2.41. The first kappa shape index (κ1) is 18.3. The number of carboxylic acids is 1. The van der Waals surface area contributed by atoms with E-state index in [1.807, 2.05) is 12.1 Å². The maximum atomic E-state index is 12.5. The predicted molar refractivity (Wildman–Crippen MR) is 91.6 cm³/mol. The van der Waals surface area contributed by atoms with E-state index in [1.165, 1.54) is 13.8 Å². The van der Waals surface area contributed by atoms with E-state index in [0.717, 1.165) is 10.9 Å². The number of aryl methyl sites for hydroxylation is 1. The van der Waals surface area contributed by atoms with E-state index in [0.29, 0.717) is 11.4 Å². The maximum absolute atomic E-state index is 12.5. The largest absolute Gasteiger partial charge is 0.497 e. The number of nitrogens with zero attached hydrogens (tertiary/aromatic N) is 1. The predicted octanol–water partition coefficient (Wildman–Crippen LogP) is 0.894. The lowest BCUT2D eigenvalue weighted by Gasteiger charge is -2.16. The van der Waals surface area contributed by atoms with Crippen molar-refractivity contribution in [1.82, 2.24) is 15.2 Å². The highest BCUT2D eigenvalue weighted by atomic mass is 16.5. The fourth-order valence-electron chi connectivity index (χ4n) is 2.41. The highest BCUT2D eigenvalue weighted by Crippen LogP contribution is 2.23. The van der Waals surface area contributed by atoms with Crippen LogP contribution in [-0.4, -0.2) is 46.7 Å². The van der Waals surface area contributed by atoms with Crippen LogP contribution in [0.15, 0.2) is 24.3 Å². The van der Waals surface area contributed by atoms with Crippen LogP contribution >= 0.6 is 0 Å². The smallest absolute Gasteiger partial charge is 0.325 e. The molecule has 1 aromatic heterocycles. The fraction of sp³-hybridized carbons (Fsp3) is 0.353. The summed E-state index contributed by atoms with van der Waals surface area (Å²) in [5.74, 6) is -1.46. The van der Waals surface area contributed by atoms with Gasteiger partial charge in [0.05, 0.1) is 7.11 Å². The Labute approximate surface area is 144 Å². The second kappa shape index (κ2) is 7.25. The summed E-state index contributed by atoms with van der Waals surface area (Å²) in [7, 11) is 3.32. The number of benzene rings is 1. The van der Waals surface area contributed by atoms with E-state index in [-0.39, 0.29) is 0 Å². The van der Waals surface area contributed by atoms with Gasteiger partial charge in [0.2, 0.25) is 5.91 Å². The molecule has 0 aliphatic carbocycles. The van der Waals surface area contributed by atoms with Gasteiger partial charge in [-0.05, 0) is 38.1 Å². The molecule has 0 aliphatic rings. The molecule has 0 radical (unpaired) electrons.